The number of allylic oxidation sites excluding steroid dienone is 1. The van der Waals surface area contributed by atoms with Crippen molar-refractivity contribution in [2.45, 2.75) is 19.8 Å². The summed E-state index contributed by atoms with van der Waals surface area (Å²) in [5.74, 6) is -5.60. The molecule has 0 fully saturated rings. The molecule has 0 amide bonds. The molecule has 0 heterocycles. The van der Waals surface area contributed by atoms with Gasteiger partial charge in [-0.25, -0.2) is 0 Å². The highest BCUT2D eigenvalue weighted by Gasteiger charge is 2.45. The summed E-state index contributed by atoms with van der Waals surface area (Å²) in [6.45, 7) is 2.64. The van der Waals surface area contributed by atoms with E-state index in [1.165, 1.54) is 24.3 Å². The number of ketones is 1. The number of ether oxygens (including phenoxy) is 2. The number of carbonyl (C=O) groups is 2. The van der Waals surface area contributed by atoms with Crippen molar-refractivity contribution in [2.24, 2.45) is 5.92 Å². The number of esters is 1. The topological polar surface area (TPSA) is 116 Å². The molecule has 0 aliphatic heterocycles. The van der Waals surface area contributed by atoms with Gasteiger partial charge in [0.1, 0.15) is 17.6 Å². The minimum Gasteiger partial charge on any atom is -0.476 e. The molecule has 2 atom stereocenters. The van der Waals surface area contributed by atoms with Crippen molar-refractivity contribution in [1.82, 2.24) is 0 Å². The molecule has 0 spiro atoms. The fourth-order valence-electron chi connectivity index (χ4n) is 2.41. The first-order valence-corrected chi connectivity index (χ1v) is 7.66. The number of halogens is 1. The summed E-state index contributed by atoms with van der Waals surface area (Å²) in [5.41, 5.74) is -0.644. The van der Waals surface area contributed by atoms with Crippen LogP contribution < -0.4 is 0 Å². The highest BCUT2D eigenvalue weighted by molar-refractivity contribution is 6.30. The molecule has 25 heavy (non-hydrogen) atoms. The molecule has 8 nitrogen and oxygen atoms in total. The number of aliphatic hydroxyl groups excluding tert-OH is 1. The van der Waals surface area contributed by atoms with Crippen molar-refractivity contribution in [1.29, 1.82) is 0 Å². The van der Waals surface area contributed by atoms with Crippen LogP contribution in [0.3, 0.4) is 0 Å². The number of nitro groups is 1. The predicted molar refractivity (Wildman–Crippen MR) is 88.7 cm³/mol. The van der Waals surface area contributed by atoms with Gasteiger partial charge in [0.2, 0.25) is 0 Å². The van der Waals surface area contributed by atoms with Crippen LogP contribution in [0.15, 0.2) is 35.9 Å². The zero-order valence-corrected chi connectivity index (χ0v) is 14.6. The lowest BCUT2D eigenvalue weighted by Crippen LogP contribution is -2.34. The molecule has 1 aromatic rings. The molecular formula is C16H18ClNO7. The molecule has 1 N–H and O–H groups in total. The first-order valence-electron chi connectivity index (χ1n) is 7.28. The molecule has 0 saturated carbocycles. The molecule has 0 aromatic heterocycles. The Morgan fingerprint density at radius 2 is 2.04 bits per heavy atom. The molecule has 1 rings (SSSR count). The summed E-state index contributed by atoms with van der Waals surface area (Å²) in [6.07, 6.45) is 0. The normalized spacial score (nSPS) is 14.1. The number of Topliss-reactive ketones (excluding diaryl/α,β-unsaturated/α-hetero) is 1. The van der Waals surface area contributed by atoms with Crippen LogP contribution in [0.1, 0.15) is 25.3 Å². The second-order valence-electron chi connectivity index (χ2n) is 5.02. The fourth-order valence-corrected chi connectivity index (χ4v) is 2.60. The van der Waals surface area contributed by atoms with Crippen LogP contribution in [0.2, 0.25) is 5.02 Å². The van der Waals surface area contributed by atoms with Gasteiger partial charge in [0.15, 0.2) is 0 Å². The van der Waals surface area contributed by atoms with Gasteiger partial charge in [-0.15, -0.1) is 0 Å². The van der Waals surface area contributed by atoms with Gasteiger partial charge in [0, 0.05) is 5.02 Å². The second-order valence-corrected chi connectivity index (χ2v) is 5.46. The van der Waals surface area contributed by atoms with Crippen molar-refractivity contribution in [3.63, 3.8) is 0 Å². The molecule has 0 saturated heterocycles. The number of methoxy groups -OCH3 is 1. The third-order valence-electron chi connectivity index (χ3n) is 3.42. The Morgan fingerprint density at radius 1 is 1.40 bits per heavy atom. The van der Waals surface area contributed by atoms with Gasteiger partial charge >= 0.3 is 17.6 Å². The van der Waals surface area contributed by atoms with Gasteiger partial charge in [0.25, 0.3) is 0 Å². The first kappa shape index (κ1) is 20.4. The van der Waals surface area contributed by atoms with Crippen molar-refractivity contribution in [3.05, 3.63) is 56.6 Å². The van der Waals surface area contributed by atoms with Gasteiger partial charge in [-0.1, -0.05) is 23.7 Å². The zero-order chi connectivity index (χ0) is 19.1. The summed E-state index contributed by atoms with van der Waals surface area (Å²) in [5, 5.41) is 21.6. The van der Waals surface area contributed by atoms with Crippen LogP contribution in [-0.4, -0.2) is 35.5 Å². The Morgan fingerprint density at radius 3 is 2.48 bits per heavy atom. The number of benzene rings is 1. The smallest absolute Gasteiger partial charge is 0.354 e. The van der Waals surface area contributed by atoms with E-state index in [0.717, 1.165) is 14.0 Å². The molecular weight excluding hydrogens is 354 g/mol. The first-order chi connectivity index (χ1) is 11.7. The minimum absolute atomic E-state index is 0.0152. The van der Waals surface area contributed by atoms with Gasteiger partial charge in [-0.3, -0.25) is 19.7 Å². The zero-order valence-electron chi connectivity index (χ0n) is 13.9. The molecule has 0 radical (unpaired) electrons. The molecule has 2 unspecified atom stereocenters. The maximum Gasteiger partial charge on any atom is 0.354 e. The largest absolute Gasteiger partial charge is 0.476 e. The van der Waals surface area contributed by atoms with Crippen LogP contribution >= 0.6 is 11.6 Å². The summed E-state index contributed by atoms with van der Waals surface area (Å²) in [7, 11) is 1.03. The van der Waals surface area contributed by atoms with Crippen LogP contribution in [0.25, 0.3) is 0 Å². The second kappa shape index (κ2) is 9.03. The van der Waals surface area contributed by atoms with Gasteiger partial charge in [-0.05, 0) is 31.5 Å². The third kappa shape index (κ3) is 4.93. The van der Waals surface area contributed by atoms with Crippen molar-refractivity contribution in [3.8, 4) is 0 Å². The molecule has 136 valence electrons. The summed E-state index contributed by atoms with van der Waals surface area (Å²) >= 11 is 5.93. The number of hydrogen-bond donors (Lipinski definition) is 1. The number of carbonyl (C=O) groups excluding carboxylic acids is 2. The average Bonchev–Trinajstić information content (AvgIpc) is 2.53. The Bertz CT molecular complexity index is 701. The van der Waals surface area contributed by atoms with Crippen molar-refractivity contribution >= 4 is 23.4 Å². The molecule has 1 aromatic carbocycles. The highest BCUT2D eigenvalue weighted by atomic mass is 35.5. The van der Waals surface area contributed by atoms with E-state index in [2.05, 4.69) is 4.74 Å². The minimum atomic E-state index is -1.55. The Balaban J connectivity index is 3.69. The number of rotatable bonds is 8. The Hall–Kier alpha value is -2.61. The number of nitrogens with zero attached hydrogens (tertiary/aromatic N) is 1. The van der Waals surface area contributed by atoms with E-state index in [1.807, 2.05) is 0 Å². The van der Waals surface area contributed by atoms with Gasteiger partial charge in [0.05, 0.1) is 18.6 Å². The van der Waals surface area contributed by atoms with E-state index in [9.17, 15) is 24.8 Å². The fraction of sp³-hybridized carbons (Fsp3) is 0.375. The van der Waals surface area contributed by atoms with E-state index < -0.39 is 40.2 Å². The molecule has 0 bridgehead atoms. The SMILES string of the molecule is CCOC(=O)C(C(C)=O)C(C(=C(O)OC)[N+](=O)[O-])c1cccc(Cl)c1. The van der Waals surface area contributed by atoms with E-state index in [1.54, 1.807) is 6.92 Å². The lowest BCUT2D eigenvalue weighted by Gasteiger charge is -2.22. The summed E-state index contributed by atoms with van der Waals surface area (Å²) in [6, 6.07) is 5.86. The standard InChI is InChI=1S/C16H18ClNO7/c1-4-25-15(20)12(9(2)19)13(10-6-5-7-11(17)8-10)14(18(22)23)16(21)24-3/h5-8,12-13,21H,4H2,1-3H3. The van der Waals surface area contributed by atoms with E-state index >= 15 is 0 Å². The quantitative estimate of drug-likeness (QED) is 0.245. The van der Waals surface area contributed by atoms with E-state index in [-0.39, 0.29) is 17.2 Å². The van der Waals surface area contributed by atoms with E-state index in [0.29, 0.717) is 0 Å². The van der Waals surface area contributed by atoms with Crippen LogP contribution in [0, 0.1) is 16.0 Å². The molecule has 0 aliphatic carbocycles. The van der Waals surface area contributed by atoms with Crippen LogP contribution in [-0.2, 0) is 19.1 Å². The van der Waals surface area contributed by atoms with Gasteiger partial charge in [-0.2, -0.15) is 0 Å². The maximum absolute atomic E-state index is 12.3. The summed E-state index contributed by atoms with van der Waals surface area (Å²) < 4.78 is 9.45. The van der Waals surface area contributed by atoms with Gasteiger partial charge < -0.3 is 14.6 Å². The van der Waals surface area contributed by atoms with Crippen molar-refractivity contribution < 1.29 is 29.1 Å². The monoisotopic (exact) mass is 371 g/mol. The number of aliphatic hydroxyl groups is 1. The van der Waals surface area contributed by atoms with E-state index in [4.69, 9.17) is 16.3 Å². The number of hydrogen-bond acceptors (Lipinski definition) is 7. The Kier molecular flexibility index (Phi) is 7.38. The maximum atomic E-state index is 12.3. The highest BCUT2D eigenvalue weighted by Crippen LogP contribution is 2.36. The van der Waals surface area contributed by atoms with Crippen LogP contribution in [0.5, 0.6) is 0 Å². The Labute approximate surface area is 149 Å². The lowest BCUT2D eigenvalue weighted by atomic mass is 9.81. The van der Waals surface area contributed by atoms with Crippen LogP contribution in [0.4, 0.5) is 0 Å². The predicted octanol–water partition coefficient (Wildman–Crippen LogP) is 2.84. The lowest BCUT2D eigenvalue weighted by molar-refractivity contribution is -0.436. The van der Waals surface area contributed by atoms with Crippen molar-refractivity contribution in [2.75, 3.05) is 13.7 Å². The third-order valence-corrected chi connectivity index (χ3v) is 3.66. The molecule has 0 aliphatic rings. The average molecular weight is 372 g/mol. The summed E-state index contributed by atoms with van der Waals surface area (Å²) in [4.78, 5) is 35.0. The molecule has 9 heteroatoms.